The van der Waals surface area contributed by atoms with Crippen molar-refractivity contribution < 1.29 is 4.79 Å². The molecular weight excluding hydrogens is 254 g/mol. The van der Waals surface area contributed by atoms with Crippen molar-refractivity contribution in [3.05, 3.63) is 11.9 Å². The fraction of sp³-hybridized carbons (Fsp3) is 0.643. The molecule has 0 radical (unpaired) electrons. The van der Waals surface area contributed by atoms with Crippen molar-refractivity contribution in [3.63, 3.8) is 0 Å². The maximum absolute atomic E-state index is 11.5. The lowest BCUT2D eigenvalue weighted by Crippen LogP contribution is -2.37. The third-order valence-corrected chi connectivity index (χ3v) is 3.77. The molecular formula is C14H23N5O. The van der Waals surface area contributed by atoms with Gasteiger partial charge in [0.15, 0.2) is 0 Å². The van der Waals surface area contributed by atoms with Gasteiger partial charge in [-0.05, 0) is 26.7 Å². The van der Waals surface area contributed by atoms with E-state index >= 15 is 0 Å². The summed E-state index contributed by atoms with van der Waals surface area (Å²) in [7, 11) is 0. The van der Waals surface area contributed by atoms with Crippen LogP contribution < -0.4 is 16.0 Å². The topological polar surface area (TPSA) is 84.1 Å². The van der Waals surface area contributed by atoms with Crippen LogP contribution in [0.4, 0.5) is 11.6 Å². The van der Waals surface area contributed by atoms with Gasteiger partial charge in [0, 0.05) is 25.7 Å². The molecule has 0 saturated carbocycles. The minimum Gasteiger partial charge on any atom is -0.370 e. The van der Waals surface area contributed by atoms with Gasteiger partial charge in [-0.15, -0.1) is 0 Å². The van der Waals surface area contributed by atoms with Gasteiger partial charge < -0.3 is 16.0 Å². The van der Waals surface area contributed by atoms with Crippen molar-refractivity contribution in [1.29, 1.82) is 0 Å². The molecule has 1 atom stereocenters. The zero-order valence-electron chi connectivity index (χ0n) is 12.4. The number of nitrogens with one attached hydrogen (secondary N) is 1. The van der Waals surface area contributed by atoms with Crippen molar-refractivity contribution in [2.24, 2.45) is 11.1 Å². The Balaban J connectivity index is 2.17. The van der Waals surface area contributed by atoms with E-state index in [1.807, 2.05) is 19.9 Å². The highest BCUT2D eigenvalue weighted by Crippen LogP contribution is 2.32. The van der Waals surface area contributed by atoms with E-state index in [9.17, 15) is 4.79 Å². The molecule has 1 amide bonds. The van der Waals surface area contributed by atoms with E-state index < -0.39 is 5.41 Å². The van der Waals surface area contributed by atoms with Gasteiger partial charge in [0.1, 0.15) is 17.5 Å². The molecule has 1 fully saturated rings. The second-order valence-corrected chi connectivity index (χ2v) is 5.68. The molecule has 110 valence electrons. The predicted molar refractivity (Wildman–Crippen MR) is 79.7 cm³/mol. The molecule has 6 nitrogen and oxygen atoms in total. The third kappa shape index (κ3) is 3.00. The maximum Gasteiger partial charge on any atom is 0.225 e. The average molecular weight is 277 g/mol. The Morgan fingerprint density at radius 2 is 2.30 bits per heavy atom. The molecule has 2 heterocycles. The fourth-order valence-corrected chi connectivity index (χ4v) is 2.42. The zero-order chi connectivity index (χ0) is 14.8. The molecule has 6 heteroatoms. The van der Waals surface area contributed by atoms with Gasteiger partial charge >= 0.3 is 0 Å². The van der Waals surface area contributed by atoms with Gasteiger partial charge in [-0.25, -0.2) is 9.97 Å². The second-order valence-electron chi connectivity index (χ2n) is 5.68. The number of nitrogens with two attached hydrogens (primary N) is 1. The van der Waals surface area contributed by atoms with Crippen molar-refractivity contribution in [2.45, 2.75) is 33.6 Å². The van der Waals surface area contributed by atoms with Crippen LogP contribution in [0.1, 0.15) is 32.5 Å². The first-order valence-electron chi connectivity index (χ1n) is 7.09. The van der Waals surface area contributed by atoms with Gasteiger partial charge in [0.05, 0.1) is 5.41 Å². The quantitative estimate of drug-likeness (QED) is 0.847. The van der Waals surface area contributed by atoms with Crippen LogP contribution >= 0.6 is 0 Å². The van der Waals surface area contributed by atoms with Crippen LogP contribution in [0.5, 0.6) is 0 Å². The van der Waals surface area contributed by atoms with Crippen molar-refractivity contribution in [3.8, 4) is 0 Å². The zero-order valence-corrected chi connectivity index (χ0v) is 12.4. The first-order chi connectivity index (χ1) is 9.44. The van der Waals surface area contributed by atoms with Gasteiger partial charge in [-0.1, -0.05) is 6.92 Å². The lowest BCUT2D eigenvalue weighted by molar-refractivity contribution is -0.125. The van der Waals surface area contributed by atoms with E-state index in [2.05, 4.69) is 27.1 Å². The highest BCUT2D eigenvalue weighted by Gasteiger charge is 2.39. The number of primary amides is 1. The molecule has 1 unspecified atom stereocenters. The van der Waals surface area contributed by atoms with Crippen LogP contribution in [0, 0.1) is 12.3 Å². The Bertz CT molecular complexity index is 504. The number of amides is 1. The van der Waals surface area contributed by atoms with E-state index in [-0.39, 0.29) is 5.91 Å². The number of anilines is 2. The van der Waals surface area contributed by atoms with Gasteiger partial charge in [-0.3, -0.25) is 4.79 Å². The van der Waals surface area contributed by atoms with Crippen molar-refractivity contribution in [2.75, 3.05) is 29.9 Å². The monoisotopic (exact) mass is 277 g/mol. The van der Waals surface area contributed by atoms with Crippen LogP contribution in [-0.4, -0.2) is 35.5 Å². The molecule has 0 aromatic carbocycles. The predicted octanol–water partition coefficient (Wildman–Crippen LogP) is 1.31. The molecule has 1 aromatic rings. The number of aromatic nitrogens is 2. The fourth-order valence-electron chi connectivity index (χ4n) is 2.42. The molecule has 20 heavy (non-hydrogen) atoms. The van der Waals surface area contributed by atoms with E-state index in [1.165, 1.54) is 0 Å². The summed E-state index contributed by atoms with van der Waals surface area (Å²) in [6, 6.07) is 1.94. The first kappa shape index (κ1) is 14.6. The Labute approximate surface area is 119 Å². The number of nitrogens with zero attached hydrogens (tertiary/aromatic N) is 3. The molecule has 3 N–H and O–H groups in total. The van der Waals surface area contributed by atoms with Gasteiger partial charge in [-0.2, -0.15) is 0 Å². The van der Waals surface area contributed by atoms with Crippen LogP contribution in [0.3, 0.4) is 0 Å². The molecule has 1 aliphatic rings. The molecule has 0 aliphatic carbocycles. The summed E-state index contributed by atoms with van der Waals surface area (Å²) in [6.45, 7) is 8.20. The molecule has 1 aliphatic heterocycles. The summed E-state index contributed by atoms with van der Waals surface area (Å²) >= 11 is 0. The van der Waals surface area contributed by atoms with Crippen LogP contribution in [0.15, 0.2) is 6.07 Å². The Kier molecular flexibility index (Phi) is 4.11. The highest BCUT2D eigenvalue weighted by atomic mass is 16.1. The number of carbonyl (C=O) groups excluding carboxylic acids is 1. The molecule has 1 aromatic heterocycles. The summed E-state index contributed by atoms with van der Waals surface area (Å²) in [4.78, 5) is 22.5. The Morgan fingerprint density at radius 3 is 2.90 bits per heavy atom. The van der Waals surface area contributed by atoms with Crippen LogP contribution in [-0.2, 0) is 4.79 Å². The summed E-state index contributed by atoms with van der Waals surface area (Å²) in [5.41, 5.74) is 5.02. The van der Waals surface area contributed by atoms with Crippen molar-refractivity contribution >= 4 is 17.5 Å². The Hall–Kier alpha value is -1.85. The van der Waals surface area contributed by atoms with Crippen molar-refractivity contribution in [1.82, 2.24) is 9.97 Å². The smallest absolute Gasteiger partial charge is 0.225 e. The summed E-state index contributed by atoms with van der Waals surface area (Å²) < 4.78 is 0. The van der Waals surface area contributed by atoms with E-state index in [1.54, 1.807) is 0 Å². The number of rotatable bonds is 5. The first-order valence-corrected chi connectivity index (χ1v) is 7.09. The van der Waals surface area contributed by atoms with Gasteiger partial charge in [0.2, 0.25) is 5.91 Å². The largest absolute Gasteiger partial charge is 0.370 e. The minimum atomic E-state index is -0.462. The van der Waals surface area contributed by atoms with E-state index in [4.69, 9.17) is 5.73 Å². The average Bonchev–Trinajstić information content (AvgIpc) is 2.80. The number of hydrogen-bond donors (Lipinski definition) is 2. The number of carbonyl (C=O) groups is 1. The van der Waals surface area contributed by atoms with E-state index in [0.717, 1.165) is 43.4 Å². The molecule has 0 bridgehead atoms. The number of hydrogen-bond acceptors (Lipinski definition) is 5. The summed E-state index contributed by atoms with van der Waals surface area (Å²) in [5.74, 6) is 2.19. The standard InChI is InChI=1S/C14H23N5O/c1-4-6-16-11-8-12(18-10(2)17-11)19-7-5-14(3,9-19)13(15)20/h8H,4-7,9H2,1-3H3,(H2,15,20)(H,16,17,18). The van der Waals surface area contributed by atoms with Crippen LogP contribution in [0.25, 0.3) is 0 Å². The SMILES string of the molecule is CCCNc1cc(N2CCC(C)(C(N)=O)C2)nc(C)n1. The Morgan fingerprint density at radius 1 is 1.55 bits per heavy atom. The van der Waals surface area contributed by atoms with E-state index in [0.29, 0.717) is 6.54 Å². The third-order valence-electron chi connectivity index (χ3n) is 3.77. The highest BCUT2D eigenvalue weighted by molar-refractivity contribution is 5.82. The second kappa shape index (κ2) is 5.64. The molecule has 0 spiro atoms. The lowest BCUT2D eigenvalue weighted by atomic mass is 9.89. The normalized spacial score (nSPS) is 22.1. The van der Waals surface area contributed by atoms with Crippen LogP contribution in [0.2, 0.25) is 0 Å². The van der Waals surface area contributed by atoms with Gasteiger partial charge in [0.25, 0.3) is 0 Å². The molecule has 1 saturated heterocycles. The minimum absolute atomic E-state index is 0.241. The maximum atomic E-state index is 11.5. The molecule has 2 rings (SSSR count). The lowest BCUT2D eigenvalue weighted by Gasteiger charge is -2.22. The summed E-state index contributed by atoms with van der Waals surface area (Å²) in [6.07, 6.45) is 1.81. The number of aryl methyl sites for hydroxylation is 1. The summed E-state index contributed by atoms with van der Waals surface area (Å²) in [5, 5.41) is 3.27.